The van der Waals surface area contributed by atoms with Crippen LogP contribution in [0.25, 0.3) is 11.1 Å². The predicted molar refractivity (Wildman–Crippen MR) is 73.7 cm³/mol. The monoisotopic (exact) mass is 277 g/mol. The summed E-state index contributed by atoms with van der Waals surface area (Å²) in [4.78, 5) is 18.4. The first-order valence-electron chi connectivity index (χ1n) is 6.25. The summed E-state index contributed by atoms with van der Waals surface area (Å²) in [5.74, 6) is -0.902. The quantitative estimate of drug-likeness (QED) is 0.799. The Hall–Kier alpha value is -2.21. The van der Waals surface area contributed by atoms with Crippen molar-refractivity contribution in [2.24, 2.45) is 11.7 Å². The van der Waals surface area contributed by atoms with Gasteiger partial charge in [0.05, 0.1) is 6.04 Å². The lowest BCUT2D eigenvalue weighted by Gasteiger charge is -2.15. The average Bonchev–Trinajstić information content (AvgIpc) is 2.39. The first-order chi connectivity index (χ1) is 9.41. The molecule has 0 radical (unpaired) electrons. The summed E-state index contributed by atoms with van der Waals surface area (Å²) in [6.07, 6.45) is 0. The minimum atomic E-state index is -0.617. The van der Waals surface area contributed by atoms with Gasteiger partial charge in [0.25, 0.3) is 5.56 Å². The van der Waals surface area contributed by atoms with E-state index in [1.54, 1.807) is 6.07 Å². The molecular formula is C14H16FN3O2. The maximum absolute atomic E-state index is 13.7. The maximum atomic E-state index is 13.7. The van der Waals surface area contributed by atoms with Crippen LogP contribution in [-0.4, -0.2) is 15.1 Å². The molecule has 0 aliphatic heterocycles. The van der Waals surface area contributed by atoms with Crippen LogP contribution in [0, 0.1) is 11.7 Å². The largest absolute Gasteiger partial charge is 0.493 e. The third kappa shape index (κ3) is 2.55. The van der Waals surface area contributed by atoms with E-state index in [1.807, 2.05) is 13.8 Å². The van der Waals surface area contributed by atoms with Gasteiger partial charge in [0.2, 0.25) is 5.88 Å². The zero-order valence-corrected chi connectivity index (χ0v) is 11.2. The van der Waals surface area contributed by atoms with Crippen molar-refractivity contribution in [3.05, 3.63) is 46.3 Å². The highest BCUT2D eigenvalue weighted by Crippen LogP contribution is 2.27. The summed E-state index contributed by atoms with van der Waals surface area (Å²) in [6.45, 7) is 3.74. The van der Waals surface area contributed by atoms with Gasteiger partial charge in [0.15, 0.2) is 0 Å². The third-order valence-corrected chi connectivity index (χ3v) is 3.10. The number of hydrogen-bond acceptors (Lipinski definition) is 4. The predicted octanol–water partition coefficient (Wildman–Crippen LogP) is 1.94. The Morgan fingerprint density at radius 2 is 2.00 bits per heavy atom. The number of aromatic hydroxyl groups is 1. The van der Waals surface area contributed by atoms with Crippen molar-refractivity contribution in [2.75, 3.05) is 0 Å². The first-order valence-corrected chi connectivity index (χ1v) is 6.25. The third-order valence-electron chi connectivity index (χ3n) is 3.10. The molecule has 4 N–H and O–H groups in total. The Labute approximate surface area is 115 Å². The Kier molecular flexibility index (Phi) is 3.85. The Balaban J connectivity index is 2.59. The standard InChI is InChI=1S/C14H16FN3O2/c1-7(2)11(16)12-17-13(19)10(14(20)18-12)8-5-3-4-6-9(8)15/h3-7,11H,16H2,1-2H3,(H2,17,18,19,20). The molecule has 0 fully saturated rings. The van der Waals surface area contributed by atoms with Gasteiger partial charge in [-0.2, -0.15) is 4.98 Å². The van der Waals surface area contributed by atoms with E-state index < -0.39 is 23.3 Å². The summed E-state index contributed by atoms with van der Waals surface area (Å²) in [5.41, 5.74) is 5.07. The van der Waals surface area contributed by atoms with Crippen LogP contribution < -0.4 is 11.3 Å². The number of benzene rings is 1. The van der Waals surface area contributed by atoms with Gasteiger partial charge in [0, 0.05) is 5.56 Å². The molecule has 1 unspecified atom stereocenters. The van der Waals surface area contributed by atoms with Crippen molar-refractivity contribution in [2.45, 2.75) is 19.9 Å². The second-order valence-corrected chi connectivity index (χ2v) is 4.90. The summed E-state index contributed by atoms with van der Waals surface area (Å²) >= 11 is 0. The molecule has 1 aromatic carbocycles. The van der Waals surface area contributed by atoms with Crippen LogP contribution in [-0.2, 0) is 0 Å². The smallest absolute Gasteiger partial charge is 0.262 e. The van der Waals surface area contributed by atoms with Crippen LogP contribution >= 0.6 is 0 Å². The lowest BCUT2D eigenvalue weighted by Crippen LogP contribution is -2.24. The Bertz CT molecular complexity index is 682. The molecule has 2 rings (SSSR count). The fourth-order valence-electron chi connectivity index (χ4n) is 1.86. The van der Waals surface area contributed by atoms with Crippen LogP contribution in [0.15, 0.2) is 29.1 Å². The van der Waals surface area contributed by atoms with Crippen molar-refractivity contribution >= 4 is 0 Å². The highest BCUT2D eigenvalue weighted by molar-refractivity contribution is 5.67. The molecule has 0 aliphatic rings. The van der Waals surface area contributed by atoms with E-state index in [-0.39, 0.29) is 22.9 Å². The highest BCUT2D eigenvalue weighted by Gasteiger charge is 2.20. The number of nitrogens with two attached hydrogens (primary N) is 1. The normalized spacial score (nSPS) is 12.7. The van der Waals surface area contributed by atoms with Crippen LogP contribution in [0.5, 0.6) is 5.88 Å². The topological polar surface area (TPSA) is 92.0 Å². The SMILES string of the molecule is CC(C)C(N)c1nc(O)c(-c2ccccc2F)c(=O)[nH]1. The Morgan fingerprint density at radius 3 is 2.55 bits per heavy atom. The Morgan fingerprint density at radius 1 is 1.35 bits per heavy atom. The number of hydrogen-bond donors (Lipinski definition) is 3. The number of rotatable bonds is 3. The number of nitrogens with one attached hydrogen (secondary N) is 1. The lowest BCUT2D eigenvalue weighted by atomic mass is 10.0. The van der Waals surface area contributed by atoms with E-state index in [0.717, 1.165) is 0 Å². The summed E-state index contributed by atoms with van der Waals surface area (Å²) in [7, 11) is 0. The van der Waals surface area contributed by atoms with Gasteiger partial charge < -0.3 is 15.8 Å². The minimum absolute atomic E-state index is 0.00317. The summed E-state index contributed by atoms with van der Waals surface area (Å²) in [5, 5.41) is 9.93. The van der Waals surface area contributed by atoms with E-state index in [9.17, 15) is 14.3 Å². The van der Waals surface area contributed by atoms with Gasteiger partial charge in [-0.1, -0.05) is 32.0 Å². The fourth-order valence-corrected chi connectivity index (χ4v) is 1.86. The first kappa shape index (κ1) is 14.2. The van der Waals surface area contributed by atoms with Crippen molar-refractivity contribution in [3.63, 3.8) is 0 Å². The highest BCUT2D eigenvalue weighted by atomic mass is 19.1. The van der Waals surface area contributed by atoms with E-state index in [4.69, 9.17) is 5.73 Å². The summed E-state index contributed by atoms with van der Waals surface area (Å²) < 4.78 is 13.7. The maximum Gasteiger partial charge on any atom is 0.262 e. The van der Waals surface area contributed by atoms with Gasteiger partial charge in [-0.15, -0.1) is 0 Å². The van der Waals surface area contributed by atoms with Crippen molar-refractivity contribution in [3.8, 4) is 17.0 Å². The molecule has 0 amide bonds. The molecule has 0 aliphatic carbocycles. The van der Waals surface area contributed by atoms with E-state index >= 15 is 0 Å². The molecule has 2 aromatic rings. The zero-order chi connectivity index (χ0) is 14.9. The number of H-pyrrole nitrogens is 1. The molecule has 0 spiro atoms. The van der Waals surface area contributed by atoms with Crippen LogP contribution in [0.1, 0.15) is 25.7 Å². The number of halogens is 1. The van der Waals surface area contributed by atoms with Crippen molar-refractivity contribution in [1.82, 2.24) is 9.97 Å². The lowest BCUT2D eigenvalue weighted by molar-refractivity contribution is 0.432. The van der Waals surface area contributed by atoms with E-state index in [0.29, 0.717) is 0 Å². The van der Waals surface area contributed by atoms with Gasteiger partial charge in [-0.05, 0) is 12.0 Å². The molecular weight excluding hydrogens is 261 g/mol. The van der Waals surface area contributed by atoms with Gasteiger partial charge >= 0.3 is 0 Å². The molecule has 0 bridgehead atoms. The summed E-state index contributed by atoms with van der Waals surface area (Å²) in [6, 6.07) is 5.18. The van der Waals surface area contributed by atoms with Crippen molar-refractivity contribution < 1.29 is 9.50 Å². The zero-order valence-electron chi connectivity index (χ0n) is 11.2. The second-order valence-electron chi connectivity index (χ2n) is 4.90. The molecule has 1 aromatic heterocycles. The molecule has 20 heavy (non-hydrogen) atoms. The number of aromatic amines is 1. The minimum Gasteiger partial charge on any atom is -0.493 e. The van der Waals surface area contributed by atoms with Gasteiger partial charge in [-0.25, -0.2) is 4.39 Å². The average molecular weight is 277 g/mol. The molecule has 106 valence electrons. The van der Waals surface area contributed by atoms with Gasteiger partial charge in [-0.3, -0.25) is 4.79 Å². The van der Waals surface area contributed by atoms with Crippen LogP contribution in [0.3, 0.4) is 0 Å². The molecule has 1 atom stereocenters. The van der Waals surface area contributed by atoms with Crippen LogP contribution in [0.4, 0.5) is 4.39 Å². The number of nitrogens with zero attached hydrogens (tertiary/aromatic N) is 1. The number of aromatic nitrogens is 2. The van der Waals surface area contributed by atoms with E-state index in [2.05, 4.69) is 9.97 Å². The van der Waals surface area contributed by atoms with Crippen LogP contribution in [0.2, 0.25) is 0 Å². The van der Waals surface area contributed by atoms with Crippen molar-refractivity contribution in [1.29, 1.82) is 0 Å². The molecule has 5 nitrogen and oxygen atoms in total. The second kappa shape index (κ2) is 5.42. The van der Waals surface area contributed by atoms with E-state index in [1.165, 1.54) is 18.2 Å². The molecule has 6 heteroatoms. The van der Waals surface area contributed by atoms with Gasteiger partial charge in [0.1, 0.15) is 17.2 Å². The molecule has 0 saturated heterocycles. The fraction of sp³-hybridized carbons (Fsp3) is 0.286. The molecule has 0 saturated carbocycles. The molecule has 1 heterocycles.